The predicted molar refractivity (Wildman–Crippen MR) is 50.7 cm³/mol. The minimum absolute atomic E-state index is 0.0244. The lowest BCUT2D eigenvalue weighted by Gasteiger charge is -2.07. The van der Waals surface area contributed by atoms with Gasteiger partial charge in [-0.2, -0.15) is 0 Å². The first kappa shape index (κ1) is 9.43. The SMILES string of the molecule is Nc1cnc(N)c(I)c1C(F)F. The number of rotatable bonds is 1. The van der Waals surface area contributed by atoms with E-state index in [4.69, 9.17) is 11.5 Å². The van der Waals surface area contributed by atoms with E-state index in [1.165, 1.54) is 0 Å². The van der Waals surface area contributed by atoms with Crippen molar-refractivity contribution in [2.45, 2.75) is 6.43 Å². The van der Waals surface area contributed by atoms with Crippen LogP contribution in [0.15, 0.2) is 6.20 Å². The molecular formula is C6H6F2IN3. The standard InChI is InChI=1S/C6H6F2IN3/c7-5(8)3-2(10)1-12-6(11)4(3)9/h1,5H,10H2,(H2,11,12). The van der Waals surface area contributed by atoms with E-state index in [1.807, 2.05) is 0 Å². The second kappa shape index (κ2) is 3.38. The number of nitrogens with zero attached hydrogens (tertiary/aromatic N) is 1. The number of aromatic nitrogens is 1. The summed E-state index contributed by atoms with van der Waals surface area (Å²) in [6, 6.07) is 0. The van der Waals surface area contributed by atoms with Gasteiger partial charge in [0.2, 0.25) is 0 Å². The zero-order valence-electron chi connectivity index (χ0n) is 5.89. The summed E-state index contributed by atoms with van der Waals surface area (Å²) in [4.78, 5) is 3.63. The Morgan fingerprint density at radius 2 is 2.00 bits per heavy atom. The Hall–Kier alpha value is -0.660. The zero-order chi connectivity index (χ0) is 9.30. The Morgan fingerprint density at radius 1 is 1.42 bits per heavy atom. The Kier molecular flexibility index (Phi) is 2.65. The molecule has 0 aliphatic rings. The summed E-state index contributed by atoms with van der Waals surface area (Å²) in [5, 5.41) is 0. The normalized spacial score (nSPS) is 10.7. The molecule has 12 heavy (non-hydrogen) atoms. The third-order valence-corrected chi connectivity index (χ3v) is 2.47. The van der Waals surface area contributed by atoms with Gasteiger partial charge in [0.25, 0.3) is 6.43 Å². The van der Waals surface area contributed by atoms with Gasteiger partial charge in [-0.05, 0) is 22.6 Å². The van der Waals surface area contributed by atoms with Crippen molar-refractivity contribution in [1.29, 1.82) is 0 Å². The molecule has 0 saturated carbocycles. The summed E-state index contributed by atoms with van der Waals surface area (Å²) < 4.78 is 24.8. The van der Waals surface area contributed by atoms with Crippen LogP contribution in [0.5, 0.6) is 0 Å². The van der Waals surface area contributed by atoms with Crippen molar-refractivity contribution in [2.24, 2.45) is 0 Å². The van der Waals surface area contributed by atoms with Crippen molar-refractivity contribution in [3.63, 3.8) is 0 Å². The molecule has 0 amide bonds. The Balaban J connectivity index is 3.33. The number of anilines is 2. The van der Waals surface area contributed by atoms with E-state index in [9.17, 15) is 8.78 Å². The zero-order valence-corrected chi connectivity index (χ0v) is 8.05. The van der Waals surface area contributed by atoms with Crippen molar-refractivity contribution in [1.82, 2.24) is 4.98 Å². The van der Waals surface area contributed by atoms with E-state index in [0.29, 0.717) is 0 Å². The van der Waals surface area contributed by atoms with Crippen LogP contribution in [0.25, 0.3) is 0 Å². The van der Waals surface area contributed by atoms with E-state index < -0.39 is 6.43 Å². The molecule has 6 heteroatoms. The molecule has 1 aromatic heterocycles. The molecule has 66 valence electrons. The third kappa shape index (κ3) is 1.57. The molecule has 1 rings (SSSR count). The van der Waals surface area contributed by atoms with Crippen LogP contribution in [0.3, 0.4) is 0 Å². The van der Waals surface area contributed by atoms with Gasteiger partial charge in [0.1, 0.15) is 5.82 Å². The van der Waals surface area contributed by atoms with Gasteiger partial charge in [-0.15, -0.1) is 0 Å². The monoisotopic (exact) mass is 285 g/mol. The summed E-state index contributed by atoms with van der Waals surface area (Å²) >= 11 is 1.70. The summed E-state index contributed by atoms with van der Waals surface area (Å²) in [7, 11) is 0. The second-order valence-corrected chi connectivity index (χ2v) is 3.21. The second-order valence-electron chi connectivity index (χ2n) is 2.13. The van der Waals surface area contributed by atoms with Crippen LogP contribution in [0, 0.1) is 3.57 Å². The average Bonchev–Trinajstić information content (AvgIpc) is 1.97. The number of nitrogens with two attached hydrogens (primary N) is 2. The van der Waals surface area contributed by atoms with E-state index >= 15 is 0 Å². The highest BCUT2D eigenvalue weighted by Crippen LogP contribution is 2.31. The van der Waals surface area contributed by atoms with Gasteiger partial charge in [0, 0.05) is 0 Å². The quantitative estimate of drug-likeness (QED) is 0.773. The summed E-state index contributed by atoms with van der Waals surface area (Å²) in [6.45, 7) is 0. The van der Waals surface area contributed by atoms with E-state index in [2.05, 4.69) is 4.98 Å². The van der Waals surface area contributed by atoms with Gasteiger partial charge < -0.3 is 11.5 Å². The minimum atomic E-state index is -2.61. The molecule has 0 radical (unpaired) electrons. The van der Waals surface area contributed by atoms with Crippen molar-refractivity contribution in [2.75, 3.05) is 11.5 Å². The van der Waals surface area contributed by atoms with Crippen LogP contribution in [-0.4, -0.2) is 4.98 Å². The van der Waals surface area contributed by atoms with E-state index in [-0.39, 0.29) is 20.6 Å². The lowest BCUT2D eigenvalue weighted by Crippen LogP contribution is -2.03. The molecule has 0 aliphatic heterocycles. The molecule has 0 spiro atoms. The fourth-order valence-corrected chi connectivity index (χ4v) is 1.44. The molecule has 1 aromatic rings. The van der Waals surface area contributed by atoms with Crippen LogP contribution >= 0.6 is 22.6 Å². The van der Waals surface area contributed by atoms with E-state index in [1.54, 1.807) is 22.6 Å². The van der Waals surface area contributed by atoms with E-state index in [0.717, 1.165) is 6.20 Å². The summed E-state index contributed by atoms with van der Waals surface area (Å²) in [5.74, 6) is 0.0834. The van der Waals surface area contributed by atoms with Gasteiger partial charge in [0.05, 0.1) is 21.0 Å². The first-order chi connectivity index (χ1) is 5.54. The van der Waals surface area contributed by atoms with Gasteiger partial charge in [-0.25, -0.2) is 13.8 Å². The summed E-state index contributed by atoms with van der Waals surface area (Å²) in [6.07, 6.45) is -1.47. The summed E-state index contributed by atoms with van der Waals surface area (Å²) in [5.41, 5.74) is 10.4. The molecule has 0 atom stereocenters. The largest absolute Gasteiger partial charge is 0.397 e. The van der Waals surface area contributed by atoms with Crippen molar-refractivity contribution < 1.29 is 8.78 Å². The molecular weight excluding hydrogens is 279 g/mol. The maximum Gasteiger partial charge on any atom is 0.267 e. The maximum atomic E-state index is 12.3. The van der Waals surface area contributed by atoms with Crippen LogP contribution in [0.2, 0.25) is 0 Å². The number of alkyl halides is 2. The van der Waals surface area contributed by atoms with Crippen molar-refractivity contribution >= 4 is 34.1 Å². The number of halogens is 3. The highest BCUT2D eigenvalue weighted by molar-refractivity contribution is 14.1. The fourth-order valence-electron chi connectivity index (χ4n) is 0.752. The van der Waals surface area contributed by atoms with Gasteiger partial charge in [-0.3, -0.25) is 0 Å². The topological polar surface area (TPSA) is 64.9 Å². The smallest absolute Gasteiger partial charge is 0.267 e. The Morgan fingerprint density at radius 3 is 2.42 bits per heavy atom. The first-order valence-electron chi connectivity index (χ1n) is 3.01. The van der Waals surface area contributed by atoms with Crippen LogP contribution in [0.4, 0.5) is 20.3 Å². The van der Waals surface area contributed by atoms with Crippen molar-refractivity contribution in [3.8, 4) is 0 Å². The Bertz CT molecular complexity index is 303. The molecule has 0 unspecified atom stereocenters. The number of pyridine rings is 1. The fraction of sp³-hybridized carbons (Fsp3) is 0.167. The molecule has 0 saturated heterocycles. The molecule has 4 N–H and O–H groups in total. The first-order valence-corrected chi connectivity index (χ1v) is 4.09. The molecule has 0 bridgehead atoms. The van der Waals surface area contributed by atoms with Gasteiger partial charge in [-0.1, -0.05) is 0 Å². The van der Waals surface area contributed by atoms with Crippen LogP contribution < -0.4 is 11.5 Å². The highest BCUT2D eigenvalue weighted by atomic mass is 127. The minimum Gasteiger partial charge on any atom is -0.397 e. The van der Waals surface area contributed by atoms with Gasteiger partial charge >= 0.3 is 0 Å². The van der Waals surface area contributed by atoms with Crippen LogP contribution in [-0.2, 0) is 0 Å². The third-order valence-electron chi connectivity index (χ3n) is 1.33. The molecule has 0 fully saturated rings. The Labute approximate surface area is 81.3 Å². The lowest BCUT2D eigenvalue weighted by molar-refractivity contribution is 0.151. The van der Waals surface area contributed by atoms with Crippen molar-refractivity contribution in [3.05, 3.63) is 15.3 Å². The lowest BCUT2D eigenvalue weighted by atomic mass is 10.2. The average molecular weight is 285 g/mol. The number of hydrogen-bond acceptors (Lipinski definition) is 3. The number of hydrogen-bond donors (Lipinski definition) is 2. The predicted octanol–water partition coefficient (Wildman–Crippen LogP) is 1.79. The molecule has 3 nitrogen and oxygen atoms in total. The number of nitrogen functional groups attached to an aromatic ring is 2. The van der Waals surface area contributed by atoms with Crippen LogP contribution in [0.1, 0.15) is 12.0 Å². The highest BCUT2D eigenvalue weighted by Gasteiger charge is 2.17. The molecule has 0 aliphatic carbocycles. The molecule has 0 aromatic carbocycles. The maximum absolute atomic E-state index is 12.3. The van der Waals surface area contributed by atoms with Gasteiger partial charge in [0.15, 0.2) is 0 Å². The molecule has 1 heterocycles.